The van der Waals surface area contributed by atoms with E-state index in [-0.39, 0.29) is 5.69 Å². The van der Waals surface area contributed by atoms with Crippen molar-refractivity contribution in [1.82, 2.24) is 14.8 Å². The van der Waals surface area contributed by atoms with Gasteiger partial charge in [-0.2, -0.15) is 5.10 Å². The molecule has 0 aliphatic carbocycles. The number of aromatic nitrogens is 3. The lowest BCUT2D eigenvalue weighted by Crippen LogP contribution is -1.98. The molecule has 3 rings (SSSR count). The van der Waals surface area contributed by atoms with Gasteiger partial charge in [-0.25, -0.2) is 13.5 Å². The van der Waals surface area contributed by atoms with Crippen molar-refractivity contribution >= 4 is 5.69 Å². The maximum absolute atomic E-state index is 13.7. The summed E-state index contributed by atoms with van der Waals surface area (Å²) in [6.45, 7) is 0. The zero-order chi connectivity index (χ0) is 14.1. The van der Waals surface area contributed by atoms with Crippen LogP contribution in [0.3, 0.4) is 0 Å². The lowest BCUT2D eigenvalue weighted by molar-refractivity contribution is 0.611. The summed E-state index contributed by atoms with van der Waals surface area (Å²) in [6.07, 6.45) is 4.03. The molecule has 2 N–H and O–H groups in total. The summed E-state index contributed by atoms with van der Waals surface area (Å²) < 4.78 is 28.2. The van der Waals surface area contributed by atoms with Crippen molar-refractivity contribution in [3.05, 3.63) is 60.6 Å². The van der Waals surface area contributed by atoms with Crippen molar-refractivity contribution in [2.75, 3.05) is 5.73 Å². The van der Waals surface area contributed by atoms with Crippen molar-refractivity contribution < 1.29 is 8.78 Å². The van der Waals surface area contributed by atoms with Gasteiger partial charge in [0.05, 0.1) is 18.1 Å². The van der Waals surface area contributed by atoms with E-state index < -0.39 is 11.6 Å². The summed E-state index contributed by atoms with van der Waals surface area (Å²) in [5, 5.41) is 4.20. The highest BCUT2D eigenvalue weighted by Gasteiger charge is 2.12. The molecule has 3 aromatic rings. The molecule has 0 radical (unpaired) electrons. The summed E-state index contributed by atoms with van der Waals surface area (Å²) >= 11 is 0. The van der Waals surface area contributed by atoms with Gasteiger partial charge in [-0.05, 0) is 18.2 Å². The van der Waals surface area contributed by atoms with E-state index in [1.807, 2.05) is 0 Å². The van der Waals surface area contributed by atoms with Crippen LogP contribution in [0.4, 0.5) is 14.5 Å². The molecule has 1 aromatic carbocycles. The molecular weight excluding hydrogens is 262 g/mol. The van der Waals surface area contributed by atoms with Crippen molar-refractivity contribution in [1.29, 1.82) is 0 Å². The molecular formula is C14H10F2N4. The molecule has 100 valence electrons. The second-order valence-corrected chi connectivity index (χ2v) is 4.22. The van der Waals surface area contributed by atoms with Crippen molar-refractivity contribution in [3.8, 4) is 16.9 Å². The third-order valence-corrected chi connectivity index (χ3v) is 2.82. The molecule has 6 heteroatoms. The number of hydrogen-bond acceptors (Lipinski definition) is 3. The maximum Gasteiger partial charge on any atom is 0.148 e. The van der Waals surface area contributed by atoms with Crippen LogP contribution < -0.4 is 5.73 Å². The second-order valence-electron chi connectivity index (χ2n) is 4.22. The van der Waals surface area contributed by atoms with Gasteiger partial charge in [0, 0.05) is 11.8 Å². The number of rotatable bonds is 2. The Kier molecular flexibility index (Phi) is 2.90. The molecule has 0 aliphatic rings. The zero-order valence-corrected chi connectivity index (χ0v) is 10.3. The van der Waals surface area contributed by atoms with E-state index in [1.165, 1.54) is 29.2 Å². The highest BCUT2D eigenvalue weighted by molar-refractivity contribution is 5.71. The van der Waals surface area contributed by atoms with Crippen LogP contribution in [0.2, 0.25) is 0 Å². The van der Waals surface area contributed by atoms with Gasteiger partial charge in [-0.1, -0.05) is 12.1 Å². The Hall–Kier alpha value is -2.76. The summed E-state index contributed by atoms with van der Waals surface area (Å²) in [5.41, 5.74) is 7.25. The first-order valence-electron chi connectivity index (χ1n) is 5.86. The first kappa shape index (κ1) is 12.3. The van der Waals surface area contributed by atoms with Crippen LogP contribution in [0.1, 0.15) is 0 Å². The molecule has 0 saturated carbocycles. The third-order valence-electron chi connectivity index (χ3n) is 2.82. The van der Waals surface area contributed by atoms with Gasteiger partial charge < -0.3 is 5.73 Å². The average molecular weight is 272 g/mol. The standard InChI is InChI=1S/C14H10F2N4/c15-10-5-9(6-18-7-10)14-12(17)8-20(19-14)13-4-2-1-3-11(13)16/h1-8H,17H2. The predicted molar refractivity (Wildman–Crippen MR) is 71.1 cm³/mol. The predicted octanol–water partition coefficient (Wildman–Crippen LogP) is 2.79. The van der Waals surface area contributed by atoms with Crippen LogP contribution in [0, 0.1) is 11.6 Å². The van der Waals surface area contributed by atoms with E-state index in [9.17, 15) is 8.78 Å². The fraction of sp³-hybridized carbons (Fsp3) is 0. The molecule has 2 aromatic heterocycles. The van der Waals surface area contributed by atoms with E-state index in [0.29, 0.717) is 16.9 Å². The quantitative estimate of drug-likeness (QED) is 0.780. The Labute approximate surface area is 113 Å². The zero-order valence-electron chi connectivity index (χ0n) is 10.3. The van der Waals surface area contributed by atoms with Crippen molar-refractivity contribution in [3.63, 3.8) is 0 Å². The highest BCUT2D eigenvalue weighted by atomic mass is 19.1. The SMILES string of the molecule is Nc1cn(-c2ccccc2F)nc1-c1cncc(F)c1. The first-order valence-corrected chi connectivity index (χ1v) is 5.86. The molecule has 20 heavy (non-hydrogen) atoms. The second kappa shape index (κ2) is 4.73. The van der Waals surface area contributed by atoms with Gasteiger partial charge in [0.15, 0.2) is 0 Å². The fourth-order valence-corrected chi connectivity index (χ4v) is 1.91. The van der Waals surface area contributed by atoms with Crippen LogP contribution in [-0.2, 0) is 0 Å². The van der Waals surface area contributed by atoms with E-state index >= 15 is 0 Å². The third kappa shape index (κ3) is 2.11. The number of nitrogens with two attached hydrogens (primary N) is 1. The highest BCUT2D eigenvalue weighted by Crippen LogP contribution is 2.25. The van der Waals surface area contributed by atoms with Crippen LogP contribution in [0.5, 0.6) is 0 Å². The van der Waals surface area contributed by atoms with Gasteiger partial charge >= 0.3 is 0 Å². The molecule has 4 nitrogen and oxygen atoms in total. The van der Waals surface area contributed by atoms with E-state index in [0.717, 1.165) is 6.20 Å². The van der Waals surface area contributed by atoms with Crippen molar-refractivity contribution in [2.24, 2.45) is 0 Å². The maximum atomic E-state index is 13.7. The largest absolute Gasteiger partial charge is 0.396 e. The van der Waals surface area contributed by atoms with Gasteiger partial charge in [0.2, 0.25) is 0 Å². The smallest absolute Gasteiger partial charge is 0.148 e. The van der Waals surface area contributed by atoms with E-state index in [4.69, 9.17) is 5.73 Å². The van der Waals surface area contributed by atoms with Crippen LogP contribution in [-0.4, -0.2) is 14.8 Å². The number of benzene rings is 1. The van der Waals surface area contributed by atoms with Crippen molar-refractivity contribution in [2.45, 2.75) is 0 Å². The minimum atomic E-state index is -0.484. The Morgan fingerprint density at radius 1 is 1.10 bits per heavy atom. The Bertz CT molecular complexity index is 767. The van der Waals surface area contributed by atoms with Crippen LogP contribution >= 0.6 is 0 Å². The Morgan fingerprint density at radius 3 is 2.65 bits per heavy atom. The monoisotopic (exact) mass is 272 g/mol. The Morgan fingerprint density at radius 2 is 1.90 bits per heavy atom. The van der Waals surface area contributed by atoms with E-state index in [1.54, 1.807) is 18.2 Å². The van der Waals surface area contributed by atoms with Gasteiger partial charge in [0.25, 0.3) is 0 Å². The molecule has 0 aliphatic heterocycles. The molecule has 0 atom stereocenters. The minimum absolute atomic E-state index is 0.273. The number of nitrogens with zero attached hydrogens (tertiary/aromatic N) is 3. The lowest BCUT2D eigenvalue weighted by atomic mass is 10.2. The molecule has 0 bridgehead atoms. The summed E-state index contributed by atoms with van der Waals surface area (Å²) in [7, 11) is 0. The minimum Gasteiger partial charge on any atom is -0.396 e. The number of pyridine rings is 1. The normalized spacial score (nSPS) is 10.7. The van der Waals surface area contributed by atoms with Crippen LogP contribution in [0.15, 0.2) is 48.9 Å². The van der Waals surface area contributed by atoms with Gasteiger partial charge in [0.1, 0.15) is 23.0 Å². The fourth-order valence-electron chi connectivity index (χ4n) is 1.91. The molecule has 0 fully saturated rings. The average Bonchev–Trinajstić information content (AvgIpc) is 2.81. The first-order chi connectivity index (χ1) is 9.65. The number of anilines is 1. The van der Waals surface area contributed by atoms with E-state index in [2.05, 4.69) is 10.1 Å². The van der Waals surface area contributed by atoms with Gasteiger partial charge in [-0.15, -0.1) is 0 Å². The summed E-state index contributed by atoms with van der Waals surface area (Å²) in [5.74, 6) is -0.902. The molecule has 0 unspecified atom stereocenters. The number of halogens is 2. The lowest BCUT2D eigenvalue weighted by Gasteiger charge is -2.02. The Balaban J connectivity index is 2.10. The molecule has 0 spiro atoms. The molecule has 0 amide bonds. The van der Waals surface area contributed by atoms with Crippen LogP contribution in [0.25, 0.3) is 16.9 Å². The number of hydrogen-bond donors (Lipinski definition) is 1. The summed E-state index contributed by atoms with van der Waals surface area (Å²) in [4.78, 5) is 3.75. The summed E-state index contributed by atoms with van der Waals surface area (Å²) in [6, 6.07) is 7.46. The number of para-hydroxylation sites is 1. The van der Waals surface area contributed by atoms with Gasteiger partial charge in [-0.3, -0.25) is 4.98 Å². The number of nitrogen functional groups attached to an aromatic ring is 1. The molecule has 0 saturated heterocycles. The molecule has 2 heterocycles. The topological polar surface area (TPSA) is 56.7 Å².